The lowest BCUT2D eigenvalue weighted by Crippen LogP contribution is -1.96. The Morgan fingerprint density at radius 1 is 0.462 bits per heavy atom. The molecule has 0 fully saturated rings. The lowest BCUT2D eigenvalue weighted by molar-refractivity contribution is 1.52. The summed E-state index contributed by atoms with van der Waals surface area (Å²) in [5.41, 5.74) is 5.59. The van der Waals surface area contributed by atoms with Crippen LogP contribution in [0.2, 0.25) is 0 Å². The van der Waals surface area contributed by atoms with Gasteiger partial charge < -0.3 is 0 Å². The molecular formula is C12H11P. The molecule has 0 heterocycles. The van der Waals surface area contributed by atoms with E-state index in [1.54, 1.807) is 0 Å². The van der Waals surface area contributed by atoms with Gasteiger partial charge in [-0.3, -0.25) is 0 Å². The van der Waals surface area contributed by atoms with Crippen molar-refractivity contribution in [3.05, 3.63) is 48.5 Å². The molecule has 0 amide bonds. The Hall–Kier alpha value is -1.13. The third-order valence-corrected chi connectivity index (χ3v) is 2.43. The van der Waals surface area contributed by atoms with E-state index in [2.05, 4.69) is 48.5 Å². The minimum Gasteiger partial charge on any atom is -0.153 e. The van der Waals surface area contributed by atoms with Gasteiger partial charge in [-0.1, -0.05) is 48.5 Å². The molecule has 0 spiro atoms. The van der Waals surface area contributed by atoms with Crippen LogP contribution in [0, 0.1) is 0 Å². The minimum atomic E-state index is 0. The molecule has 3 rings (SSSR count). The zero-order chi connectivity index (χ0) is 7.97. The first-order valence-corrected chi connectivity index (χ1v) is 4.15. The van der Waals surface area contributed by atoms with E-state index in [1.807, 2.05) is 0 Å². The first-order chi connectivity index (χ1) is 5.97. The Morgan fingerprint density at radius 3 is 0.923 bits per heavy atom. The Bertz CT molecular complexity index is 346. The fraction of sp³-hybridized carbons (Fsp3) is 0. The van der Waals surface area contributed by atoms with Gasteiger partial charge in [-0.2, -0.15) is 9.90 Å². The molecule has 1 atom stereocenters. The minimum absolute atomic E-state index is 0. The Balaban J connectivity index is 0.000000653. The summed E-state index contributed by atoms with van der Waals surface area (Å²) in [6, 6.07) is 17.1. The van der Waals surface area contributed by atoms with Gasteiger partial charge in [0.25, 0.3) is 0 Å². The molecule has 1 aliphatic carbocycles. The van der Waals surface area contributed by atoms with Gasteiger partial charge in [0.05, 0.1) is 0 Å². The van der Waals surface area contributed by atoms with Crippen molar-refractivity contribution in [3.8, 4) is 22.3 Å². The molecule has 13 heavy (non-hydrogen) atoms. The third-order valence-electron chi connectivity index (χ3n) is 2.43. The Labute approximate surface area is 81.2 Å². The van der Waals surface area contributed by atoms with E-state index in [0.717, 1.165) is 0 Å². The standard InChI is InChI=1S/C12H8.H3P/c1-2-6-10-9(5-1)11-7-3-4-8-12(10)11;/h1-8H;1H3. The van der Waals surface area contributed by atoms with Gasteiger partial charge in [0.2, 0.25) is 0 Å². The number of fused-ring (bicyclic) bond motifs is 4. The zero-order valence-electron chi connectivity index (χ0n) is 7.33. The summed E-state index contributed by atoms with van der Waals surface area (Å²) < 4.78 is 0. The van der Waals surface area contributed by atoms with Gasteiger partial charge in [-0.05, 0) is 22.3 Å². The van der Waals surface area contributed by atoms with E-state index >= 15 is 0 Å². The summed E-state index contributed by atoms with van der Waals surface area (Å²) >= 11 is 0. The van der Waals surface area contributed by atoms with Gasteiger partial charge in [-0.15, -0.1) is 0 Å². The summed E-state index contributed by atoms with van der Waals surface area (Å²) in [4.78, 5) is 0. The predicted molar refractivity (Wildman–Crippen MR) is 62.0 cm³/mol. The van der Waals surface area contributed by atoms with E-state index in [9.17, 15) is 0 Å². The topological polar surface area (TPSA) is 0 Å². The lowest BCUT2D eigenvalue weighted by Gasteiger charge is -2.22. The molecule has 0 nitrogen and oxygen atoms in total. The Morgan fingerprint density at radius 2 is 0.692 bits per heavy atom. The van der Waals surface area contributed by atoms with Crippen LogP contribution in [0.25, 0.3) is 22.3 Å². The van der Waals surface area contributed by atoms with Gasteiger partial charge in [0.1, 0.15) is 0 Å². The molecule has 0 saturated carbocycles. The average Bonchev–Trinajstić information content (AvgIpc) is 2.14. The quantitative estimate of drug-likeness (QED) is 0.472. The van der Waals surface area contributed by atoms with Gasteiger partial charge in [-0.25, -0.2) is 0 Å². The maximum absolute atomic E-state index is 2.18. The molecule has 0 bridgehead atoms. The molecule has 2 aromatic rings. The van der Waals surface area contributed by atoms with Gasteiger partial charge in [0, 0.05) is 0 Å². The second kappa shape index (κ2) is 2.97. The number of benzene rings is 2. The van der Waals surface area contributed by atoms with Crippen LogP contribution >= 0.6 is 9.90 Å². The van der Waals surface area contributed by atoms with Crippen molar-refractivity contribution in [2.24, 2.45) is 0 Å². The van der Waals surface area contributed by atoms with Crippen LogP contribution in [0.5, 0.6) is 0 Å². The van der Waals surface area contributed by atoms with Gasteiger partial charge in [0.15, 0.2) is 0 Å². The van der Waals surface area contributed by atoms with Crippen LogP contribution in [0.4, 0.5) is 0 Å². The van der Waals surface area contributed by atoms with Crippen molar-refractivity contribution in [2.45, 2.75) is 0 Å². The van der Waals surface area contributed by atoms with Crippen molar-refractivity contribution < 1.29 is 0 Å². The largest absolute Gasteiger partial charge is 0.153 e. The highest BCUT2D eigenvalue weighted by atomic mass is 31.0. The monoisotopic (exact) mass is 186 g/mol. The van der Waals surface area contributed by atoms with Crippen molar-refractivity contribution in [1.82, 2.24) is 0 Å². The van der Waals surface area contributed by atoms with Crippen LogP contribution in [-0.2, 0) is 0 Å². The molecule has 1 heteroatoms. The summed E-state index contributed by atoms with van der Waals surface area (Å²) in [6.45, 7) is 0. The third kappa shape index (κ3) is 1.03. The highest BCUT2D eigenvalue weighted by Gasteiger charge is 2.19. The highest BCUT2D eigenvalue weighted by Crippen LogP contribution is 2.46. The van der Waals surface area contributed by atoms with E-state index in [4.69, 9.17) is 0 Å². The van der Waals surface area contributed by atoms with Crippen LogP contribution < -0.4 is 0 Å². The fourth-order valence-electron chi connectivity index (χ4n) is 1.84. The average molecular weight is 186 g/mol. The molecule has 0 N–H and O–H groups in total. The van der Waals surface area contributed by atoms with Crippen LogP contribution in [0.15, 0.2) is 48.5 Å². The molecule has 0 aromatic heterocycles. The van der Waals surface area contributed by atoms with E-state index < -0.39 is 0 Å². The highest BCUT2D eigenvalue weighted by molar-refractivity contribution is 6.92. The van der Waals surface area contributed by atoms with E-state index in [1.165, 1.54) is 22.3 Å². The SMILES string of the molecule is P.c1ccc2c(c1)-c1ccccc1-2. The maximum atomic E-state index is 2.18. The van der Waals surface area contributed by atoms with Crippen molar-refractivity contribution >= 4 is 9.90 Å². The molecule has 2 aromatic carbocycles. The first-order valence-electron chi connectivity index (χ1n) is 4.15. The zero-order valence-corrected chi connectivity index (χ0v) is 8.74. The molecule has 0 saturated heterocycles. The van der Waals surface area contributed by atoms with Crippen molar-refractivity contribution in [3.63, 3.8) is 0 Å². The van der Waals surface area contributed by atoms with Crippen molar-refractivity contribution in [2.75, 3.05) is 0 Å². The second-order valence-electron chi connectivity index (χ2n) is 3.09. The summed E-state index contributed by atoms with van der Waals surface area (Å²) in [5, 5.41) is 0. The van der Waals surface area contributed by atoms with E-state index in [-0.39, 0.29) is 9.90 Å². The lowest BCUT2D eigenvalue weighted by atomic mass is 9.81. The van der Waals surface area contributed by atoms with Crippen molar-refractivity contribution in [1.29, 1.82) is 0 Å². The fourth-order valence-corrected chi connectivity index (χ4v) is 1.84. The molecule has 0 aliphatic heterocycles. The summed E-state index contributed by atoms with van der Waals surface area (Å²) in [6.07, 6.45) is 0. The number of hydrogen-bond acceptors (Lipinski definition) is 0. The molecule has 0 radical (unpaired) electrons. The van der Waals surface area contributed by atoms with Gasteiger partial charge >= 0.3 is 0 Å². The molecular weight excluding hydrogens is 175 g/mol. The number of hydrogen-bond donors (Lipinski definition) is 0. The smallest absolute Gasteiger partial charge is 0.00990 e. The summed E-state index contributed by atoms with van der Waals surface area (Å²) in [7, 11) is 0. The van der Waals surface area contributed by atoms with Crippen LogP contribution in [0.1, 0.15) is 0 Å². The number of rotatable bonds is 0. The molecule has 1 aliphatic rings. The van der Waals surface area contributed by atoms with Crippen LogP contribution in [-0.4, -0.2) is 0 Å². The summed E-state index contributed by atoms with van der Waals surface area (Å²) in [5.74, 6) is 0. The maximum Gasteiger partial charge on any atom is -0.00990 e. The Kier molecular flexibility index (Phi) is 1.94. The predicted octanol–water partition coefficient (Wildman–Crippen LogP) is 3.39. The van der Waals surface area contributed by atoms with Crippen LogP contribution in [0.3, 0.4) is 0 Å². The molecule has 64 valence electrons. The second-order valence-corrected chi connectivity index (χ2v) is 3.09. The first kappa shape index (κ1) is 8.47. The molecule has 1 unspecified atom stereocenters. The van der Waals surface area contributed by atoms with E-state index in [0.29, 0.717) is 0 Å². The normalized spacial score (nSPS) is 10.5.